The lowest BCUT2D eigenvalue weighted by molar-refractivity contribution is -0.118. The van der Waals surface area contributed by atoms with Crippen molar-refractivity contribution >= 4 is 27.5 Å². The van der Waals surface area contributed by atoms with Gasteiger partial charge in [-0.25, -0.2) is 8.42 Å². The number of hydrogen-bond acceptors (Lipinski definition) is 4. The highest BCUT2D eigenvalue weighted by molar-refractivity contribution is 8.01. The maximum Gasteiger partial charge on any atom is 0.216 e. The van der Waals surface area contributed by atoms with Crippen LogP contribution < -0.4 is 5.32 Å². The van der Waals surface area contributed by atoms with Gasteiger partial charge in [0.25, 0.3) is 0 Å². The van der Waals surface area contributed by atoms with Crippen LogP contribution in [0.2, 0.25) is 0 Å². The minimum atomic E-state index is -3.07. The summed E-state index contributed by atoms with van der Waals surface area (Å²) >= 11 is 1.50. The van der Waals surface area contributed by atoms with Crippen molar-refractivity contribution in [2.45, 2.75) is 6.92 Å². The molecule has 0 radical (unpaired) electrons. The highest BCUT2D eigenvalue weighted by Gasteiger charge is 2.03. The molecule has 0 rings (SSSR count). The molecule has 0 unspecified atom stereocenters. The second kappa shape index (κ2) is 6.89. The van der Waals surface area contributed by atoms with Crippen molar-refractivity contribution in [3.05, 3.63) is 12.0 Å². The van der Waals surface area contributed by atoms with Crippen LogP contribution in [0.25, 0.3) is 0 Å². The standard InChI is InChI=1S/C8H15NO3S2/c1-3-14(11,12)7-6-13-5-4-9-8(2)10/h3H,1,4-7H2,2H3,(H,9,10). The molecule has 0 aliphatic heterocycles. The summed E-state index contributed by atoms with van der Waals surface area (Å²) in [6, 6.07) is 0. The Morgan fingerprint density at radius 1 is 1.50 bits per heavy atom. The van der Waals surface area contributed by atoms with Gasteiger partial charge in [-0.05, 0) is 0 Å². The molecule has 0 saturated heterocycles. The fraction of sp³-hybridized carbons (Fsp3) is 0.625. The van der Waals surface area contributed by atoms with Crippen LogP contribution in [0, 0.1) is 0 Å². The van der Waals surface area contributed by atoms with Crippen molar-refractivity contribution in [3.63, 3.8) is 0 Å². The van der Waals surface area contributed by atoms with E-state index in [1.807, 2.05) is 0 Å². The Bertz CT molecular complexity index is 285. The zero-order valence-electron chi connectivity index (χ0n) is 8.15. The second-order valence-electron chi connectivity index (χ2n) is 2.63. The largest absolute Gasteiger partial charge is 0.356 e. The van der Waals surface area contributed by atoms with Crippen LogP contribution in [0.4, 0.5) is 0 Å². The minimum Gasteiger partial charge on any atom is -0.356 e. The van der Waals surface area contributed by atoms with E-state index in [0.29, 0.717) is 12.3 Å². The summed E-state index contributed by atoms with van der Waals surface area (Å²) in [7, 11) is -3.07. The van der Waals surface area contributed by atoms with E-state index in [-0.39, 0.29) is 11.7 Å². The van der Waals surface area contributed by atoms with Crippen molar-refractivity contribution in [1.82, 2.24) is 5.32 Å². The molecule has 0 aromatic rings. The summed E-state index contributed by atoms with van der Waals surface area (Å²) in [6.07, 6.45) is 0. The van der Waals surface area contributed by atoms with Gasteiger partial charge < -0.3 is 5.32 Å². The molecule has 4 nitrogen and oxygen atoms in total. The molecule has 14 heavy (non-hydrogen) atoms. The summed E-state index contributed by atoms with van der Waals surface area (Å²) in [4.78, 5) is 10.5. The van der Waals surface area contributed by atoms with Gasteiger partial charge in [-0.15, -0.1) is 0 Å². The number of nitrogens with one attached hydrogen (secondary N) is 1. The molecule has 0 fully saturated rings. The molecule has 0 aromatic heterocycles. The van der Waals surface area contributed by atoms with Gasteiger partial charge in [-0.2, -0.15) is 11.8 Å². The number of amides is 1. The Balaban J connectivity index is 3.39. The zero-order valence-corrected chi connectivity index (χ0v) is 9.79. The van der Waals surface area contributed by atoms with Crippen LogP contribution in [0.15, 0.2) is 12.0 Å². The van der Waals surface area contributed by atoms with Gasteiger partial charge in [0.05, 0.1) is 5.75 Å². The number of carbonyl (C=O) groups excluding carboxylic acids is 1. The van der Waals surface area contributed by atoms with Crippen LogP contribution >= 0.6 is 11.8 Å². The van der Waals surface area contributed by atoms with Crippen LogP contribution in [0.1, 0.15) is 6.92 Å². The van der Waals surface area contributed by atoms with Crippen LogP contribution in [0.3, 0.4) is 0 Å². The number of carbonyl (C=O) groups is 1. The van der Waals surface area contributed by atoms with E-state index >= 15 is 0 Å². The molecule has 0 aromatic carbocycles. The monoisotopic (exact) mass is 237 g/mol. The first kappa shape index (κ1) is 13.5. The summed E-state index contributed by atoms with van der Waals surface area (Å²) < 4.78 is 21.9. The molecular weight excluding hydrogens is 222 g/mol. The van der Waals surface area contributed by atoms with E-state index in [4.69, 9.17) is 0 Å². The van der Waals surface area contributed by atoms with Crippen LogP contribution in [0.5, 0.6) is 0 Å². The lowest BCUT2D eigenvalue weighted by Gasteiger charge is -2.01. The first-order chi connectivity index (χ1) is 6.48. The Morgan fingerprint density at radius 3 is 2.64 bits per heavy atom. The zero-order chi connectivity index (χ0) is 11.0. The summed E-state index contributed by atoms with van der Waals surface area (Å²) in [5, 5.41) is 3.60. The Labute approximate surface area is 89.1 Å². The SMILES string of the molecule is C=CS(=O)(=O)CCSCCNC(C)=O. The first-order valence-electron chi connectivity index (χ1n) is 4.15. The number of thioether (sulfide) groups is 1. The van der Waals surface area contributed by atoms with E-state index in [2.05, 4.69) is 11.9 Å². The van der Waals surface area contributed by atoms with Crippen LogP contribution in [-0.4, -0.2) is 38.1 Å². The third-order valence-corrected chi connectivity index (χ3v) is 3.91. The van der Waals surface area contributed by atoms with E-state index in [1.165, 1.54) is 18.7 Å². The lowest BCUT2D eigenvalue weighted by atomic mass is 10.6. The van der Waals surface area contributed by atoms with Gasteiger partial charge in [0.2, 0.25) is 5.91 Å². The first-order valence-corrected chi connectivity index (χ1v) is 7.02. The van der Waals surface area contributed by atoms with Gasteiger partial charge in [0.1, 0.15) is 0 Å². The van der Waals surface area contributed by atoms with E-state index in [9.17, 15) is 13.2 Å². The van der Waals surface area contributed by atoms with Crippen molar-refractivity contribution in [3.8, 4) is 0 Å². The van der Waals surface area contributed by atoms with Crippen molar-refractivity contribution in [2.24, 2.45) is 0 Å². The molecule has 0 saturated carbocycles. The average Bonchev–Trinajstić information content (AvgIpc) is 2.10. The summed E-state index contributed by atoms with van der Waals surface area (Å²) in [5.74, 6) is 1.31. The highest BCUT2D eigenvalue weighted by atomic mass is 32.2. The number of rotatable bonds is 7. The normalized spacial score (nSPS) is 10.9. The molecule has 0 atom stereocenters. The highest BCUT2D eigenvalue weighted by Crippen LogP contribution is 2.01. The van der Waals surface area contributed by atoms with Gasteiger partial charge in [-0.1, -0.05) is 6.58 Å². The molecule has 6 heteroatoms. The molecule has 1 amide bonds. The molecule has 0 heterocycles. The van der Waals surface area contributed by atoms with Gasteiger partial charge >= 0.3 is 0 Å². The maximum atomic E-state index is 10.9. The van der Waals surface area contributed by atoms with Crippen molar-refractivity contribution in [1.29, 1.82) is 0 Å². The van der Waals surface area contributed by atoms with Crippen molar-refractivity contribution < 1.29 is 13.2 Å². The molecule has 0 aliphatic rings. The topological polar surface area (TPSA) is 63.2 Å². The second-order valence-corrected chi connectivity index (χ2v) is 5.92. The predicted octanol–water partition coefficient (Wildman–Crippen LogP) is 0.414. The van der Waals surface area contributed by atoms with Gasteiger partial charge in [0, 0.05) is 30.4 Å². The minimum absolute atomic E-state index is 0.0655. The number of sulfone groups is 1. The fourth-order valence-electron chi connectivity index (χ4n) is 0.660. The van der Waals surface area contributed by atoms with Crippen LogP contribution in [-0.2, 0) is 14.6 Å². The molecular formula is C8H15NO3S2. The Morgan fingerprint density at radius 2 is 2.14 bits per heavy atom. The molecule has 1 N–H and O–H groups in total. The van der Waals surface area contributed by atoms with Gasteiger partial charge in [0.15, 0.2) is 9.84 Å². The van der Waals surface area contributed by atoms with Crippen molar-refractivity contribution in [2.75, 3.05) is 23.8 Å². The van der Waals surface area contributed by atoms with Gasteiger partial charge in [-0.3, -0.25) is 4.79 Å². The smallest absolute Gasteiger partial charge is 0.216 e. The predicted molar refractivity (Wildman–Crippen MR) is 60.0 cm³/mol. The summed E-state index contributed by atoms with van der Waals surface area (Å²) in [6.45, 7) is 5.25. The average molecular weight is 237 g/mol. The Kier molecular flexibility index (Phi) is 6.65. The maximum absolute atomic E-state index is 10.9. The third kappa shape index (κ3) is 8.12. The number of hydrogen-bond donors (Lipinski definition) is 1. The molecule has 0 bridgehead atoms. The Hall–Kier alpha value is -0.490. The molecule has 0 aliphatic carbocycles. The molecule has 0 spiro atoms. The molecule has 82 valence electrons. The summed E-state index contributed by atoms with van der Waals surface area (Å²) in [5.41, 5.74) is 0. The third-order valence-electron chi connectivity index (χ3n) is 1.39. The van der Waals surface area contributed by atoms with E-state index < -0.39 is 9.84 Å². The van der Waals surface area contributed by atoms with E-state index in [1.54, 1.807) is 0 Å². The van der Waals surface area contributed by atoms with E-state index in [0.717, 1.165) is 11.2 Å². The fourth-order valence-corrected chi connectivity index (χ4v) is 2.68. The lowest BCUT2D eigenvalue weighted by Crippen LogP contribution is -2.22. The quantitative estimate of drug-likeness (QED) is 0.652.